The quantitative estimate of drug-likeness (QED) is 0.745. The second-order valence-corrected chi connectivity index (χ2v) is 6.11. The van der Waals surface area contributed by atoms with E-state index in [-0.39, 0.29) is 11.1 Å². The number of aryl methyl sites for hydroxylation is 2. The Morgan fingerprint density at radius 1 is 0.917 bits per heavy atom. The summed E-state index contributed by atoms with van der Waals surface area (Å²) in [6.07, 6.45) is 4.93. The van der Waals surface area contributed by atoms with Crippen LogP contribution >= 0.6 is 0 Å². The Kier molecular flexibility index (Phi) is 5.96. The van der Waals surface area contributed by atoms with E-state index in [1.807, 2.05) is 6.92 Å². The topological polar surface area (TPSA) is 80.3 Å². The van der Waals surface area contributed by atoms with Crippen molar-refractivity contribution in [3.8, 4) is 0 Å². The molecule has 0 aliphatic heterocycles. The molecule has 4 nitrogen and oxygen atoms in total. The minimum atomic E-state index is -1.23. The van der Waals surface area contributed by atoms with Gasteiger partial charge in [-0.05, 0) is 59.2 Å². The van der Waals surface area contributed by atoms with Crippen LogP contribution in [0, 0.1) is 0 Å². The molecule has 0 fully saturated rings. The number of hydrogen-bond acceptors (Lipinski definition) is 4. The lowest BCUT2D eigenvalue weighted by atomic mass is 9.88. The van der Waals surface area contributed by atoms with Crippen molar-refractivity contribution in [3.05, 3.63) is 46.5 Å². The molecular weight excluding hydrogens is 304 g/mol. The van der Waals surface area contributed by atoms with Gasteiger partial charge < -0.3 is 19.8 Å². The van der Waals surface area contributed by atoms with Gasteiger partial charge in [-0.2, -0.15) is 0 Å². The zero-order valence-electron chi connectivity index (χ0n) is 14.2. The van der Waals surface area contributed by atoms with E-state index in [0.29, 0.717) is 12.8 Å². The highest BCUT2D eigenvalue weighted by Gasteiger charge is 2.14. The minimum Gasteiger partial charge on any atom is -0.545 e. The van der Waals surface area contributed by atoms with E-state index in [2.05, 4.69) is 6.92 Å². The fourth-order valence-corrected chi connectivity index (χ4v) is 3.10. The van der Waals surface area contributed by atoms with E-state index >= 15 is 0 Å². The first-order valence-corrected chi connectivity index (χ1v) is 8.50. The molecule has 0 radical (unpaired) electrons. The molecule has 0 aliphatic rings. The Labute approximate surface area is 142 Å². The molecule has 0 unspecified atom stereocenters. The summed E-state index contributed by atoms with van der Waals surface area (Å²) in [5.41, 5.74) is 1.87. The molecule has 0 aliphatic carbocycles. The van der Waals surface area contributed by atoms with Crippen LogP contribution in [0.2, 0.25) is 0 Å². The van der Waals surface area contributed by atoms with Gasteiger partial charge in [-0.15, -0.1) is 0 Å². The first-order chi connectivity index (χ1) is 11.5. The maximum Gasteiger partial charge on any atom is 0.0721 e. The van der Waals surface area contributed by atoms with E-state index in [1.54, 1.807) is 18.2 Å². The zero-order valence-corrected chi connectivity index (χ0v) is 14.2. The largest absolute Gasteiger partial charge is 0.545 e. The molecule has 4 heteroatoms. The monoisotopic (exact) mass is 326 g/mol. The number of carboxylic acids is 2. The lowest BCUT2D eigenvalue weighted by Crippen LogP contribution is -2.26. The van der Waals surface area contributed by atoms with Crippen LogP contribution < -0.4 is 10.2 Å². The number of aromatic carboxylic acids is 2. The third kappa shape index (κ3) is 3.75. The molecule has 2 rings (SSSR count). The Bertz CT molecular complexity index is 762. The van der Waals surface area contributed by atoms with E-state index in [0.717, 1.165) is 47.6 Å². The molecule has 0 amide bonds. The van der Waals surface area contributed by atoms with Gasteiger partial charge in [0.1, 0.15) is 0 Å². The van der Waals surface area contributed by atoms with Gasteiger partial charge in [0, 0.05) is 5.56 Å². The predicted octanol–water partition coefficient (Wildman–Crippen LogP) is 2.25. The fraction of sp³-hybridized carbons (Fsp3) is 0.400. The minimum absolute atomic E-state index is 0.103. The summed E-state index contributed by atoms with van der Waals surface area (Å²) in [6, 6.07) is 6.51. The van der Waals surface area contributed by atoms with Crippen LogP contribution in [0.3, 0.4) is 0 Å². The summed E-state index contributed by atoms with van der Waals surface area (Å²) in [5, 5.41) is 24.4. The summed E-state index contributed by atoms with van der Waals surface area (Å²) in [6.45, 7) is 4.10. The Morgan fingerprint density at radius 3 is 2.17 bits per heavy atom. The zero-order chi connectivity index (χ0) is 17.7. The maximum atomic E-state index is 11.8. The SMILES string of the molecule is CCCCc1cc2cc(C(=O)[O-])ccc2c(CCCC)c1C(=O)[O-]. The van der Waals surface area contributed by atoms with Crippen LogP contribution in [0.1, 0.15) is 71.4 Å². The van der Waals surface area contributed by atoms with Crippen LogP contribution in [0.4, 0.5) is 0 Å². The summed E-state index contributed by atoms with van der Waals surface area (Å²) in [4.78, 5) is 22.9. The van der Waals surface area contributed by atoms with Gasteiger partial charge in [-0.25, -0.2) is 0 Å². The van der Waals surface area contributed by atoms with Crippen LogP contribution in [-0.2, 0) is 12.8 Å². The van der Waals surface area contributed by atoms with E-state index in [1.165, 1.54) is 6.07 Å². The molecule has 0 aromatic heterocycles. The van der Waals surface area contributed by atoms with Crippen LogP contribution in [0.5, 0.6) is 0 Å². The first-order valence-electron chi connectivity index (χ1n) is 8.50. The smallest absolute Gasteiger partial charge is 0.0721 e. The molecule has 2 aromatic rings. The standard InChI is InChI=1S/C20H24O4/c1-3-5-7-13-11-15-12-14(19(21)22)9-10-16(15)17(8-6-4-2)18(13)20(23)24/h9-12H,3-8H2,1-2H3,(H,21,22)(H,23,24)/p-2. The summed E-state index contributed by atoms with van der Waals surface area (Å²) in [5.74, 6) is -2.39. The molecule has 0 atom stereocenters. The van der Waals surface area contributed by atoms with E-state index < -0.39 is 11.9 Å². The number of carboxylic acid groups (broad SMARTS) is 2. The average Bonchev–Trinajstić information content (AvgIpc) is 2.56. The van der Waals surface area contributed by atoms with Gasteiger partial charge in [0.2, 0.25) is 0 Å². The number of carbonyl (C=O) groups excluding carboxylic acids is 2. The summed E-state index contributed by atoms with van der Waals surface area (Å²) in [7, 11) is 0. The molecule has 0 saturated carbocycles. The molecule has 0 N–H and O–H groups in total. The van der Waals surface area contributed by atoms with Gasteiger partial charge in [0.15, 0.2) is 0 Å². The van der Waals surface area contributed by atoms with Crippen molar-refractivity contribution in [1.82, 2.24) is 0 Å². The summed E-state index contributed by atoms with van der Waals surface area (Å²) < 4.78 is 0. The van der Waals surface area contributed by atoms with Crippen molar-refractivity contribution in [3.63, 3.8) is 0 Å². The molecule has 24 heavy (non-hydrogen) atoms. The normalized spacial score (nSPS) is 10.9. The van der Waals surface area contributed by atoms with Gasteiger partial charge in [0.05, 0.1) is 11.9 Å². The van der Waals surface area contributed by atoms with Crippen LogP contribution in [-0.4, -0.2) is 11.9 Å². The third-order valence-electron chi connectivity index (χ3n) is 4.35. The Morgan fingerprint density at radius 2 is 1.58 bits per heavy atom. The molecule has 0 heterocycles. The van der Waals surface area contributed by atoms with Crippen molar-refractivity contribution in [2.24, 2.45) is 0 Å². The van der Waals surface area contributed by atoms with Gasteiger partial charge >= 0.3 is 0 Å². The van der Waals surface area contributed by atoms with Crippen molar-refractivity contribution in [1.29, 1.82) is 0 Å². The number of fused-ring (bicyclic) bond motifs is 1. The molecular formula is C20H22O4-2. The van der Waals surface area contributed by atoms with Gasteiger partial charge in [-0.3, -0.25) is 0 Å². The second kappa shape index (κ2) is 7.95. The lowest BCUT2D eigenvalue weighted by molar-refractivity contribution is -0.256. The second-order valence-electron chi connectivity index (χ2n) is 6.11. The van der Waals surface area contributed by atoms with Crippen molar-refractivity contribution >= 4 is 22.7 Å². The van der Waals surface area contributed by atoms with Crippen molar-refractivity contribution < 1.29 is 19.8 Å². The van der Waals surface area contributed by atoms with Crippen LogP contribution in [0.15, 0.2) is 24.3 Å². The maximum absolute atomic E-state index is 11.8. The number of benzene rings is 2. The fourth-order valence-electron chi connectivity index (χ4n) is 3.10. The first kappa shape index (κ1) is 18.0. The lowest BCUT2D eigenvalue weighted by Gasteiger charge is -2.19. The predicted molar refractivity (Wildman–Crippen MR) is 89.8 cm³/mol. The highest BCUT2D eigenvalue weighted by atomic mass is 16.4. The van der Waals surface area contributed by atoms with Gasteiger partial charge in [-0.1, -0.05) is 44.9 Å². The van der Waals surface area contributed by atoms with Crippen molar-refractivity contribution in [2.45, 2.75) is 52.4 Å². The Hall–Kier alpha value is -2.36. The number of hydrogen-bond donors (Lipinski definition) is 0. The number of unbranched alkanes of at least 4 members (excludes halogenated alkanes) is 2. The highest BCUT2D eigenvalue weighted by Crippen LogP contribution is 2.29. The average molecular weight is 326 g/mol. The highest BCUT2D eigenvalue weighted by molar-refractivity contribution is 6.01. The molecule has 128 valence electrons. The number of carbonyl (C=O) groups is 2. The third-order valence-corrected chi connectivity index (χ3v) is 4.35. The molecule has 0 saturated heterocycles. The molecule has 2 aromatic carbocycles. The number of rotatable bonds is 8. The van der Waals surface area contributed by atoms with E-state index in [4.69, 9.17) is 0 Å². The summed E-state index contributed by atoms with van der Waals surface area (Å²) >= 11 is 0. The molecule has 0 spiro atoms. The van der Waals surface area contributed by atoms with E-state index in [9.17, 15) is 19.8 Å². The van der Waals surface area contributed by atoms with Crippen molar-refractivity contribution in [2.75, 3.05) is 0 Å². The Balaban J connectivity index is 2.73. The van der Waals surface area contributed by atoms with Gasteiger partial charge in [0.25, 0.3) is 0 Å². The molecule has 0 bridgehead atoms. The van der Waals surface area contributed by atoms with Crippen LogP contribution in [0.25, 0.3) is 10.8 Å².